The van der Waals surface area contributed by atoms with Gasteiger partial charge in [0.25, 0.3) is 10.0 Å². The van der Waals surface area contributed by atoms with E-state index in [9.17, 15) is 18.0 Å². The fourth-order valence-corrected chi connectivity index (χ4v) is 6.30. The first-order valence-corrected chi connectivity index (χ1v) is 15.0. The second-order valence-electron chi connectivity index (χ2n) is 10.2. The predicted octanol–water partition coefficient (Wildman–Crippen LogP) is 4.68. The van der Waals surface area contributed by atoms with Crippen LogP contribution in [0.2, 0.25) is 0 Å². The molecule has 0 heterocycles. The van der Waals surface area contributed by atoms with Gasteiger partial charge < -0.3 is 15.0 Å². The molecule has 1 aliphatic carbocycles. The zero-order chi connectivity index (χ0) is 28.7. The van der Waals surface area contributed by atoms with E-state index in [-0.39, 0.29) is 23.4 Å². The Kier molecular flexibility index (Phi) is 9.47. The van der Waals surface area contributed by atoms with Crippen molar-refractivity contribution in [3.8, 4) is 5.75 Å². The molecule has 0 aromatic heterocycles. The molecule has 0 unspecified atom stereocenters. The molecule has 1 aliphatic rings. The molecule has 212 valence electrons. The lowest BCUT2D eigenvalue weighted by Gasteiger charge is -2.32. The minimum atomic E-state index is -4.07. The van der Waals surface area contributed by atoms with Crippen molar-refractivity contribution in [2.75, 3.05) is 18.0 Å². The maximum atomic E-state index is 14.0. The molecule has 3 aromatic carbocycles. The second kappa shape index (κ2) is 13.0. The van der Waals surface area contributed by atoms with Crippen molar-refractivity contribution in [3.05, 3.63) is 90.0 Å². The monoisotopic (exact) mass is 563 g/mol. The van der Waals surface area contributed by atoms with E-state index < -0.39 is 28.5 Å². The van der Waals surface area contributed by atoms with Gasteiger partial charge in [-0.3, -0.25) is 13.9 Å². The smallest absolute Gasteiger partial charge is 0.264 e. The highest BCUT2D eigenvalue weighted by Gasteiger charge is 2.33. The Balaban J connectivity index is 1.66. The topological polar surface area (TPSA) is 96.0 Å². The van der Waals surface area contributed by atoms with Crippen LogP contribution in [-0.2, 0) is 26.2 Å². The quantitative estimate of drug-likeness (QED) is 0.366. The number of hydrogen-bond donors (Lipinski definition) is 1. The number of benzene rings is 3. The molecule has 9 heteroatoms. The molecule has 1 N–H and O–H groups in total. The highest BCUT2D eigenvalue weighted by Crippen LogP contribution is 2.25. The molecule has 4 rings (SSSR count). The lowest BCUT2D eigenvalue weighted by Crippen LogP contribution is -2.52. The molecule has 0 saturated heterocycles. The molecular weight excluding hydrogens is 526 g/mol. The SMILES string of the molecule is COc1ccc(CN(C(=O)CN(c2ccc(C)cc2)S(=O)(=O)c2ccccc2)[C@@H](C)C(=O)NC2CCCC2)cc1. The third-order valence-corrected chi connectivity index (χ3v) is 9.10. The van der Waals surface area contributed by atoms with Crippen LogP contribution in [0.15, 0.2) is 83.8 Å². The fraction of sp³-hybridized carbons (Fsp3) is 0.355. The summed E-state index contributed by atoms with van der Waals surface area (Å²) in [4.78, 5) is 28.8. The van der Waals surface area contributed by atoms with Crippen LogP contribution >= 0.6 is 0 Å². The Hall–Kier alpha value is -3.85. The number of rotatable bonds is 11. The van der Waals surface area contributed by atoms with Gasteiger partial charge in [-0.15, -0.1) is 0 Å². The van der Waals surface area contributed by atoms with Crippen LogP contribution in [0.25, 0.3) is 0 Å². The molecule has 2 amide bonds. The third kappa shape index (κ3) is 7.01. The van der Waals surface area contributed by atoms with Gasteiger partial charge in [0.15, 0.2) is 0 Å². The minimum absolute atomic E-state index is 0.0807. The van der Waals surface area contributed by atoms with Crippen molar-refractivity contribution < 1.29 is 22.7 Å². The van der Waals surface area contributed by atoms with Gasteiger partial charge in [-0.1, -0.05) is 60.9 Å². The Morgan fingerprint density at radius 3 is 2.17 bits per heavy atom. The van der Waals surface area contributed by atoms with Crippen molar-refractivity contribution in [3.63, 3.8) is 0 Å². The first-order valence-electron chi connectivity index (χ1n) is 13.6. The van der Waals surface area contributed by atoms with E-state index in [1.807, 2.05) is 19.1 Å². The first kappa shape index (κ1) is 29.1. The number of aryl methyl sites for hydroxylation is 1. The number of hydrogen-bond acceptors (Lipinski definition) is 5. The van der Waals surface area contributed by atoms with Gasteiger partial charge in [0.1, 0.15) is 18.3 Å². The molecule has 0 spiro atoms. The number of anilines is 1. The second-order valence-corrected chi connectivity index (χ2v) is 12.1. The standard InChI is InChI=1S/C31H37N3O5S/c1-23-13-17-27(18-14-23)34(40(37,38)29-11-5-4-6-12-29)22-30(35)33(21-25-15-19-28(39-3)20-16-25)24(2)31(36)32-26-9-7-8-10-26/h4-6,11-20,24,26H,7-10,21-22H2,1-3H3,(H,32,36)/t24-/m0/s1. The number of sulfonamides is 1. The molecular formula is C31H37N3O5S. The summed E-state index contributed by atoms with van der Waals surface area (Å²) < 4.78 is 34.0. The fourth-order valence-electron chi connectivity index (χ4n) is 4.86. The third-order valence-electron chi connectivity index (χ3n) is 7.31. The average molecular weight is 564 g/mol. The van der Waals surface area contributed by atoms with Gasteiger partial charge >= 0.3 is 0 Å². The summed E-state index contributed by atoms with van der Waals surface area (Å²) in [5.41, 5.74) is 2.13. The summed E-state index contributed by atoms with van der Waals surface area (Å²) in [6.45, 7) is 3.27. The van der Waals surface area contributed by atoms with Crippen LogP contribution in [0.5, 0.6) is 5.75 Å². The zero-order valence-corrected chi connectivity index (χ0v) is 24.1. The van der Waals surface area contributed by atoms with E-state index >= 15 is 0 Å². The molecule has 1 saturated carbocycles. The Labute approximate surface area is 237 Å². The van der Waals surface area contributed by atoms with E-state index in [2.05, 4.69) is 5.32 Å². The van der Waals surface area contributed by atoms with Crippen LogP contribution in [0.4, 0.5) is 5.69 Å². The highest BCUT2D eigenvalue weighted by atomic mass is 32.2. The normalized spacial score (nSPS) is 14.4. The molecule has 40 heavy (non-hydrogen) atoms. The van der Waals surface area contributed by atoms with E-state index in [1.54, 1.807) is 68.6 Å². The van der Waals surface area contributed by atoms with Crippen LogP contribution in [0.3, 0.4) is 0 Å². The van der Waals surface area contributed by atoms with Crippen LogP contribution in [0, 0.1) is 6.92 Å². The summed E-state index contributed by atoms with van der Waals surface area (Å²) in [7, 11) is -2.50. The van der Waals surface area contributed by atoms with Crippen LogP contribution in [0.1, 0.15) is 43.7 Å². The summed E-state index contributed by atoms with van der Waals surface area (Å²) >= 11 is 0. The number of amides is 2. The molecule has 1 atom stereocenters. The number of nitrogens with one attached hydrogen (secondary N) is 1. The maximum Gasteiger partial charge on any atom is 0.264 e. The summed E-state index contributed by atoms with van der Waals surface area (Å²) in [5, 5.41) is 3.08. The number of carbonyl (C=O) groups excluding carboxylic acids is 2. The van der Waals surface area contributed by atoms with Crippen molar-refractivity contribution in [2.24, 2.45) is 0 Å². The largest absolute Gasteiger partial charge is 0.497 e. The minimum Gasteiger partial charge on any atom is -0.497 e. The lowest BCUT2D eigenvalue weighted by atomic mass is 10.1. The van der Waals surface area contributed by atoms with Gasteiger partial charge in [-0.2, -0.15) is 0 Å². The van der Waals surface area contributed by atoms with Gasteiger partial charge in [0, 0.05) is 12.6 Å². The molecule has 3 aromatic rings. The number of methoxy groups -OCH3 is 1. The van der Waals surface area contributed by atoms with Gasteiger partial charge in [-0.25, -0.2) is 8.42 Å². The van der Waals surface area contributed by atoms with E-state index in [1.165, 1.54) is 17.0 Å². The number of carbonyl (C=O) groups is 2. The Morgan fingerprint density at radius 2 is 1.57 bits per heavy atom. The lowest BCUT2D eigenvalue weighted by molar-refractivity contribution is -0.139. The van der Waals surface area contributed by atoms with Crippen LogP contribution in [-0.4, -0.2) is 50.9 Å². The average Bonchev–Trinajstić information content (AvgIpc) is 3.48. The number of nitrogens with zero attached hydrogens (tertiary/aromatic N) is 2. The van der Waals surface area contributed by atoms with Crippen molar-refractivity contribution in [2.45, 2.75) is 63.1 Å². The van der Waals surface area contributed by atoms with Gasteiger partial charge in [0.2, 0.25) is 11.8 Å². The van der Waals surface area contributed by atoms with Gasteiger partial charge in [-0.05, 0) is 68.7 Å². The number of ether oxygens (including phenoxy) is 1. The van der Waals surface area contributed by atoms with E-state index in [4.69, 9.17) is 4.74 Å². The Bertz CT molecular complexity index is 1390. The van der Waals surface area contributed by atoms with Crippen molar-refractivity contribution in [1.82, 2.24) is 10.2 Å². The molecule has 0 aliphatic heterocycles. The molecule has 0 bridgehead atoms. The summed E-state index contributed by atoms with van der Waals surface area (Å²) in [6.07, 6.45) is 3.97. The van der Waals surface area contributed by atoms with Crippen molar-refractivity contribution in [1.29, 1.82) is 0 Å². The van der Waals surface area contributed by atoms with E-state index in [0.717, 1.165) is 41.1 Å². The zero-order valence-electron chi connectivity index (χ0n) is 23.2. The summed E-state index contributed by atoms with van der Waals surface area (Å²) in [6, 6.07) is 21.6. The molecule has 0 radical (unpaired) electrons. The maximum absolute atomic E-state index is 14.0. The van der Waals surface area contributed by atoms with Crippen molar-refractivity contribution >= 4 is 27.5 Å². The first-order chi connectivity index (χ1) is 19.2. The summed E-state index contributed by atoms with van der Waals surface area (Å²) in [5.74, 6) is -0.0558. The van der Waals surface area contributed by atoms with Crippen LogP contribution < -0.4 is 14.4 Å². The molecule has 1 fully saturated rings. The highest BCUT2D eigenvalue weighted by molar-refractivity contribution is 7.92. The predicted molar refractivity (Wildman–Crippen MR) is 156 cm³/mol. The Morgan fingerprint density at radius 1 is 0.950 bits per heavy atom. The van der Waals surface area contributed by atoms with E-state index in [0.29, 0.717) is 11.4 Å². The van der Waals surface area contributed by atoms with Gasteiger partial charge in [0.05, 0.1) is 17.7 Å². The molecule has 8 nitrogen and oxygen atoms in total.